The van der Waals surface area contributed by atoms with Gasteiger partial charge in [-0.3, -0.25) is 0 Å². The van der Waals surface area contributed by atoms with Crippen LogP contribution in [0.25, 0.3) is 6.08 Å². The number of aliphatic carboxylic acids is 1. The number of sulfonamides is 1. The lowest BCUT2D eigenvalue weighted by Gasteiger charge is -2.17. The van der Waals surface area contributed by atoms with Crippen LogP contribution in [0.1, 0.15) is 31.2 Å². The third kappa shape index (κ3) is 4.27. The van der Waals surface area contributed by atoms with E-state index in [4.69, 9.17) is 14.6 Å². The Bertz CT molecular complexity index is 735. The van der Waals surface area contributed by atoms with Crippen molar-refractivity contribution in [3.63, 3.8) is 0 Å². The Hall–Kier alpha value is -2.06. The minimum absolute atomic E-state index is 0.0683. The van der Waals surface area contributed by atoms with Gasteiger partial charge in [0, 0.05) is 12.1 Å². The smallest absolute Gasteiger partial charge is 0.328 e. The number of rotatable bonds is 7. The Morgan fingerprint density at radius 1 is 1.25 bits per heavy atom. The summed E-state index contributed by atoms with van der Waals surface area (Å²) in [6.07, 6.45) is 5.83. The van der Waals surface area contributed by atoms with Gasteiger partial charge in [-0.1, -0.05) is 12.8 Å². The summed E-state index contributed by atoms with van der Waals surface area (Å²) in [5.74, 6) is -0.814. The van der Waals surface area contributed by atoms with Gasteiger partial charge in [-0.05, 0) is 36.6 Å². The fourth-order valence-electron chi connectivity index (χ4n) is 2.74. The molecule has 7 nitrogen and oxygen atoms in total. The maximum Gasteiger partial charge on any atom is 0.328 e. The summed E-state index contributed by atoms with van der Waals surface area (Å²) in [6, 6.07) is 2.80. The van der Waals surface area contributed by atoms with Gasteiger partial charge in [-0.15, -0.1) is 0 Å². The topological polar surface area (TPSA) is 102 Å². The maximum atomic E-state index is 12.7. The number of carbonyl (C=O) groups is 1. The molecule has 0 radical (unpaired) electrons. The number of benzene rings is 1. The number of ether oxygens (including phenoxy) is 2. The number of carboxylic acid groups (broad SMARTS) is 1. The molecule has 24 heavy (non-hydrogen) atoms. The zero-order valence-electron chi connectivity index (χ0n) is 13.6. The van der Waals surface area contributed by atoms with E-state index in [1.165, 1.54) is 32.4 Å². The number of methoxy groups -OCH3 is 2. The lowest BCUT2D eigenvalue weighted by atomic mass is 10.2. The molecule has 0 saturated heterocycles. The average molecular weight is 355 g/mol. The molecule has 0 heterocycles. The first-order chi connectivity index (χ1) is 11.4. The lowest BCUT2D eigenvalue weighted by molar-refractivity contribution is -0.131. The molecule has 0 unspecified atom stereocenters. The zero-order valence-corrected chi connectivity index (χ0v) is 14.4. The third-order valence-electron chi connectivity index (χ3n) is 3.85. The van der Waals surface area contributed by atoms with E-state index < -0.39 is 16.0 Å². The highest BCUT2D eigenvalue weighted by Crippen LogP contribution is 2.36. The van der Waals surface area contributed by atoms with Gasteiger partial charge in [0.1, 0.15) is 4.90 Å². The predicted octanol–water partition coefficient (Wildman–Crippen LogP) is 2.02. The quantitative estimate of drug-likeness (QED) is 0.726. The Morgan fingerprint density at radius 3 is 2.46 bits per heavy atom. The number of hydrogen-bond donors (Lipinski definition) is 2. The van der Waals surface area contributed by atoms with E-state index in [1.54, 1.807) is 0 Å². The normalized spacial score (nSPS) is 15.8. The molecule has 1 aliphatic rings. The summed E-state index contributed by atoms with van der Waals surface area (Å²) in [5, 5.41) is 8.75. The standard InChI is InChI=1S/C16H21NO6S/c1-22-13-9-11(7-8-15(18)19)10-14(16(13)23-2)24(20,21)17-12-5-3-4-6-12/h7-10,12,17H,3-6H2,1-2H3,(H,18,19)/b8-7+. The minimum atomic E-state index is -3.82. The van der Waals surface area contributed by atoms with Gasteiger partial charge < -0.3 is 14.6 Å². The summed E-state index contributed by atoms with van der Waals surface area (Å²) < 4.78 is 38.6. The second-order valence-corrected chi connectivity index (χ2v) is 7.21. The van der Waals surface area contributed by atoms with E-state index in [2.05, 4.69) is 4.72 Å². The second kappa shape index (κ2) is 7.67. The van der Waals surface area contributed by atoms with Crippen LogP contribution < -0.4 is 14.2 Å². The molecule has 2 N–H and O–H groups in total. The molecular formula is C16H21NO6S. The van der Waals surface area contributed by atoms with Crippen LogP contribution >= 0.6 is 0 Å². The highest BCUT2D eigenvalue weighted by Gasteiger charge is 2.27. The van der Waals surface area contributed by atoms with Crippen molar-refractivity contribution < 1.29 is 27.8 Å². The van der Waals surface area contributed by atoms with Gasteiger partial charge >= 0.3 is 5.97 Å². The molecule has 0 spiro atoms. The zero-order chi connectivity index (χ0) is 17.7. The Morgan fingerprint density at radius 2 is 1.92 bits per heavy atom. The summed E-state index contributed by atoms with van der Waals surface area (Å²) >= 11 is 0. The third-order valence-corrected chi connectivity index (χ3v) is 5.38. The predicted molar refractivity (Wildman–Crippen MR) is 88.8 cm³/mol. The molecule has 2 rings (SSSR count). The van der Waals surface area contributed by atoms with Gasteiger partial charge in [-0.25, -0.2) is 17.9 Å². The second-order valence-electron chi connectivity index (χ2n) is 5.53. The van der Waals surface area contributed by atoms with Crippen molar-refractivity contribution in [2.75, 3.05) is 14.2 Å². The van der Waals surface area contributed by atoms with Crippen molar-refractivity contribution in [3.8, 4) is 11.5 Å². The molecule has 0 atom stereocenters. The van der Waals surface area contributed by atoms with Gasteiger partial charge in [0.25, 0.3) is 0 Å². The van der Waals surface area contributed by atoms with Crippen molar-refractivity contribution in [2.24, 2.45) is 0 Å². The average Bonchev–Trinajstić information content (AvgIpc) is 3.03. The molecule has 0 amide bonds. The molecule has 1 aromatic rings. The monoisotopic (exact) mass is 355 g/mol. The van der Waals surface area contributed by atoms with Crippen molar-refractivity contribution in [3.05, 3.63) is 23.8 Å². The number of carboxylic acids is 1. The van der Waals surface area contributed by atoms with Crippen LogP contribution in [0.3, 0.4) is 0 Å². The van der Waals surface area contributed by atoms with E-state index in [-0.39, 0.29) is 22.4 Å². The summed E-state index contributed by atoms with van der Waals surface area (Å²) in [6.45, 7) is 0. The Labute approximate surface area is 141 Å². The van der Waals surface area contributed by atoms with Crippen LogP contribution in [-0.4, -0.2) is 39.8 Å². The van der Waals surface area contributed by atoms with E-state index in [1.807, 2.05) is 0 Å². The highest BCUT2D eigenvalue weighted by atomic mass is 32.2. The molecule has 132 valence electrons. The fraction of sp³-hybridized carbons (Fsp3) is 0.438. The summed E-state index contributed by atoms with van der Waals surface area (Å²) in [4.78, 5) is 10.6. The van der Waals surface area contributed by atoms with Gasteiger partial charge in [0.05, 0.1) is 14.2 Å². The molecule has 1 fully saturated rings. The summed E-state index contributed by atoms with van der Waals surface area (Å²) in [7, 11) is -1.06. The first kappa shape index (κ1) is 18.3. The molecule has 0 bridgehead atoms. The summed E-state index contributed by atoms with van der Waals surface area (Å²) in [5.41, 5.74) is 0.391. The van der Waals surface area contributed by atoms with Gasteiger partial charge in [0.15, 0.2) is 11.5 Å². The van der Waals surface area contributed by atoms with Crippen LogP contribution in [0.5, 0.6) is 11.5 Å². The molecular weight excluding hydrogens is 334 g/mol. The van der Waals surface area contributed by atoms with Crippen molar-refractivity contribution in [1.82, 2.24) is 4.72 Å². The van der Waals surface area contributed by atoms with Crippen molar-refractivity contribution >= 4 is 22.1 Å². The van der Waals surface area contributed by atoms with Crippen LogP contribution in [0.15, 0.2) is 23.1 Å². The number of nitrogens with one attached hydrogen (secondary N) is 1. The molecule has 1 saturated carbocycles. The van der Waals surface area contributed by atoms with Crippen LogP contribution in [0.2, 0.25) is 0 Å². The van der Waals surface area contributed by atoms with E-state index in [0.29, 0.717) is 5.56 Å². The first-order valence-electron chi connectivity index (χ1n) is 7.56. The number of hydrogen-bond acceptors (Lipinski definition) is 5. The Kier molecular flexibility index (Phi) is 5.84. The highest BCUT2D eigenvalue weighted by molar-refractivity contribution is 7.89. The molecule has 0 aliphatic heterocycles. The van der Waals surface area contributed by atoms with Crippen LogP contribution in [-0.2, 0) is 14.8 Å². The molecule has 1 aromatic carbocycles. The van der Waals surface area contributed by atoms with Crippen molar-refractivity contribution in [1.29, 1.82) is 0 Å². The largest absolute Gasteiger partial charge is 0.493 e. The van der Waals surface area contributed by atoms with E-state index in [9.17, 15) is 13.2 Å². The minimum Gasteiger partial charge on any atom is -0.493 e. The van der Waals surface area contributed by atoms with E-state index >= 15 is 0 Å². The van der Waals surface area contributed by atoms with E-state index in [0.717, 1.165) is 31.8 Å². The SMILES string of the molecule is COc1cc(/C=C/C(=O)O)cc(S(=O)(=O)NC2CCCC2)c1OC. The molecule has 8 heteroatoms. The van der Waals surface area contributed by atoms with Crippen LogP contribution in [0, 0.1) is 0 Å². The van der Waals surface area contributed by atoms with Crippen LogP contribution in [0.4, 0.5) is 0 Å². The molecule has 1 aliphatic carbocycles. The molecule has 0 aromatic heterocycles. The first-order valence-corrected chi connectivity index (χ1v) is 9.05. The Balaban J connectivity index is 2.48. The fourth-order valence-corrected chi connectivity index (χ4v) is 4.26. The maximum absolute atomic E-state index is 12.7. The lowest BCUT2D eigenvalue weighted by Crippen LogP contribution is -2.33. The van der Waals surface area contributed by atoms with Crippen molar-refractivity contribution in [2.45, 2.75) is 36.6 Å². The van der Waals surface area contributed by atoms with Gasteiger partial charge in [0.2, 0.25) is 10.0 Å². The van der Waals surface area contributed by atoms with Gasteiger partial charge in [-0.2, -0.15) is 0 Å².